The predicted octanol–water partition coefficient (Wildman–Crippen LogP) is 14.0. The smallest absolute Gasteiger partial charge is 0.306 e. The number of ether oxygens (including phenoxy) is 3. The monoisotopic (exact) mass is 776 g/mol. The first-order valence-electron chi connectivity index (χ1n) is 24.7. The average molecular weight is 776 g/mol. The van der Waals surface area contributed by atoms with Crippen LogP contribution in [-0.4, -0.2) is 50.4 Å². The highest BCUT2D eigenvalue weighted by Crippen LogP contribution is 2.42. The first kappa shape index (κ1) is 50.0. The highest BCUT2D eigenvalue weighted by atomic mass is 16.5. The summed E-state index contributed by atoms with van der Waals surface area (Å²) >= 11 is 0. The van der Waals surface area contributed by atoms with Crippen LogP contribution in [0.2, 0.25) is 0 Å². The predicted molar refractivity (Wildman–Crippen MR) is 233 cm³/mol. The first-order chi connectivity index (χ1) is 27.0. The van der Waals surface area contributed by atoms with Gasteiger partial charge in [0, 0.05) is 32.0 Å². The Morgan fingerprint density at radius 1 is 0.582 bits per heavy atom. The van der Waals surface area contributed by atoms with Crippen molar-refractivity contribution in [1.29, 1.82) is 0 Å². The van der Waals surface area contributed by atoms with Crippen LogP contribution in [0.5, 0.6) is 0 Å². The number of rotatable bonds is 41. The maximum absolute atomic E-state index is 12.8. The number of nitrogens with one attached hydrogen (secondary N) is 1. The maximum atomic E-state index is 12.8. The third-order valence-electron chi connectivity index (χ3n) is 12.6. The molecule has 1 aliphatic carbocycles. The summed E-state index contributed by atoms with van der Waals surface area (Å²) < 4.78 is 17.3. The molecule has 0 aromatic heterocycles. The summed E-state index contributed by atoms with van der Waals surface area (Å²) in [6, 6.07) is 0.582. The lowest BCUT2D eigenvalue weighted by molar-refractivity contribution is -0.150. The fourth-order valence-corrected chi connectivity index (χ4v) is 8.59. The molecular formula is C49H93NO5. The van der Waals surface area contributed by atoms with E-state index in [1.54, 1.807) is 0 Å². The van der Waals surface area contributed by atoms with Gasteiger partial charge < -0.3 is 19.5 Å². The molecule has 4 unspecified atom stereocenters. The number of hydrogen-bond donors (Lipinski definition) is 1. The van der Waals surface area contributed by atoms with Crippen LogP contribution >= 0.6 is 0 Å². The molecule has 324 valence electrons. The lowest BCUT2D eigenvalue weighted by atomic mass is 9.99. The Morgan fingerprint density at radius 3 is 1.62 bits per heavy atom. The Labute approximate surface area is 341 Å². The SMILES string of the molecule is CCCCCCCCC(CCCCCCCC)OC(=O)CCCCCCCC(CCCCCCCC(=O)OCC1CC1CCCCCC)NCC1CCOC1. The van der Waals surface area contributed by atoms with Crippen molar-refractivity contribution in [1.82, 2.24) is 5.32 Å². The average Bonchev–Trinajstić information content (AvgIpc) is 3.73. The number of esters is 2. The molecule has 0 aromatic carbocycles. The van der Waals surface area contributed by atoms with Gasteiger partial charge in [0.25, 0.3) is 0 Å². The van der Waals surface area contributed by atoms with E-state index < -0.39 is 0 Å². The molecular weight excluding hydrogens is 683 g/mol. The quantitative estimate of drug-likeness (QED) is 0.0492. The Bertz CT molecular complexity index is 859. The van der Waals surface area contributed by atoms with Crippen LogP contribution < -0.4 is 5.32 Å². The molecule has 2 aliphatic rings. The van der Waals surface area contributed by atoms with Crippen LogP contribution in [0.3, 0.4) is 0 Å². The van der Waals surface area contributed by atoms with E-state index in [0.717, 1.165) is 64.2 Å². The van der Waals surface area contributed by atoms with E-state index in [9.17, 15) is 9.59 Å². The molecule has 0 radical (unpaired) electrons. The Kier molecular flexibility index (Phi) is 32.7. The molecule has 1 heterocycles. The third-order valence-corrected chi connectivity index (χ3v) is 12.6. The Balaban J connectivity index is 1.54. The van der Waals surface area contributed by atoms with Gasteiger partial charge in [0.05, 0.1) is 13.2 Å². The van der Waals surface area contributed by atoms with Crippen LogP contribution in [0, 0.1) is 17.8 Å². The van der Waals surface area contributed by atoms with E-state index in [2.05, 4.69) is 26.1 Å². The molecule has 0 amide bonds. The topological polar surface area (TPSA) is 73.9 Å². The van der Waals surface area contributed by atoms with E-state index in [-0.39, 0.29) is 18.0 Å². The molecule has 6 nitrogen and oxygen atoms in total. The van der Waals surface area contributed by atoms with Crippen molar-refractivity contribution in [3.63, 3.8) is 0 Å². The molecule has 1 N–H and O–H groups in total. The molecule has 2 rings (SSSR count). The molecule has 6 heteroatoms. The zero-order valence-corrected chi connectivity index (χ0v) is 37.0. The van der Waals surface area contributed by atoms with Crippen molar-refractivity contribution in [2.75, 3.05) is 26.4 Å². The molecule has 0 spiro atoms. The van der Waals surface area contributed by atoms with E-state index >= 15 is 0 Å². The summed E-state index contributed by atoms with van der Waals surface area (Å²) in [6.07, 6.45) is 42.1. The molecule has 4 atom stereocenters. The van der Waals surface area contributed by atoms with Gasteiger partial charge in [0.2, 0.25) is 0 Å². The Hall–Kier alpha value is -1.14. The van der Waals surface area contributed by atoms with Crippen molar-refractivity contribution in [3.05, 3.63) is 0 Å². The zero-order chi connectivity index (χ0) is 39.4. The highest BCUT2D eigenvalue weighted by Gasteiger charge is 2.37. The molecule has 1 aliphatic heterocycles. The third kappa shape index (κ3) is 29.7. The summed E-state index contributed by atoms with van der Waals surface area (Å²) in [5.74, 6) is 2.17. The second-order valence-corrected chi connectivity index (χ2v) is 18.0. The van der Waals surface area contributed by atoms with Crippen LogP contribution in [0.15, 0.2) is 0 Å². The summed E-state index contributed by atoms with van der Waals surface area (Å²) in [5, 5.41) is 3.91. The minimum absolute atomic E-state index is 0.0166. The van der Waals surface area contributed by atoms with Crippen LogP contribution in [-0.2, 0) is 23.8 Å². The molecule has 0 bridgehead atoms. The molecule has 1 saturated heterocycles. The number of carbonyl (C=O) groups is 2. The summed E-state index contributed by atoms with van der Waals surface area (Å²) in [5.41, 5.74) is 0. The number of carbonyl (C=O) groups excluding carboxylic acids is 2. The standard InChI is InChI=1S/C49H93NO5/c1-4-7-10-13-19-26-33-47(34-27-20-14-11-8-5-2)55-49(52)36-29-22-16-18-25-32-46(50-40-43-37-38-53-41-43)31-24-17-15-21-28-35-48(51)54-42-45-39-44(45)30-23-12-9-6-3/h43-47,50H,4-42H2,1-3H3. The van der Waals surface area contributed by atoms with Crippen molar-refractivity contribution in [2.24, 2.45) is 17.8 Å². The van der Waals surface area contributed by atoms with Gasteiger partial charge in [-0.05, 0) is 82.0 Å². The van der Waals surface area contributed by atoms with Crippen LogP contribution in [0.4, 0.5) is 0 Å². The molecule has 55 heavy (non-hydrogen) atoms. The normalized spacial score (nSPS) is 18.6. The van der Waals surface area contributed by atoms with Gasteiger partial charge in [-0.25, -0.2) is 0 Å². The van der Waals surface area contributed by atoms with E-state index in [4.69, 9.17) is 14.2 Å². The second-order valence-electron chi connectivity index (χ2n) is 18.0. The van der Waals surface area contributed by atoms with E-state index in [1.165, 1.54) is 173 Å². The van der Waals surface area contributed by atoms with Crippen LogP contribution in [0.25, 0.3) is 0 Å². The molecule has 0 aromatic rings. The minimum atomic E-state index is 0.0166. The summed E-state index contributed by atoms with van der Waals surface area (Å²) in [7, 11) is 0. The molecule has 2 fully saturated rings. The fraction of sp³-hybridized carbons (Fsp3) is 0.959. The van der Waals surface area contributed by atoms with Gasteiger partial charge in [-0.1, -0.05) is 168 Å². The first-order valence-corrected chi connectivity index (χ1v) is 24.7. The van der Waals surface area contributed by atoms with E-state index in [0.29, 0.717) is 37.3 Å². The highest BCUT2D eigenvalue weighted by molar-refractivity contribution is 5.69. The van der Waals surface area contributed by atoms with Gasteiger partial charge in [-0.15, -0.1) is 0 Å². The van der Waals surface area contributed by atoms with Gasteiger partial charge in [-0.2, -0.15) is 0 Å². The Morgan fingerprint density at radius 2 is 1.07 bits per heavy atom. The van der Waals surface area contributed by atoms with Crippen molar-refractivity contribution >= 4 is 11.9 Å². The summed E-state index contributed by atoms with van der Waals surface area (Å²) in [4.78, 5) is 25.1. The van der Waals surface area contributed by atoms with Crippen molar-refractivity contribution in [2.45, 2.75) is 258 Å². The lowest BCUT2D eigenvalue weighted by Crippen LogP contribution is -2.33. The largest absolute Gasteiger partial charge is 0.465 e. The molecule has 1 saturated carbocycles. The number of hydrogen-bond acceptors (Lipinski definition) is 6. The second kappa shape index (κ2) is 36.0. The van der Waals surface area contributed by atoms with Crippen molar-refractivity contribution in [3.8, 4) is 0 Å². The van der Waals surface area contributed by atoms with Gasteiger partial charge in [-0.3, -0.25) is 9.59 Å². The zero-order valence-electron chi connectivity index (χ0n) is 37.0. The van der Waals surface area contributed by atoms with Crippen LogP contribution in [0.1, 0.15) is 245 Å². The van der Waals surface area contributed by atoms with Gasteiger partial charge >= 0.3 is 11.9 Å². The van der Waals surface area contributed by atoms with Gasteiger partial charge in [0.15, 0.2) is 0 Å². The van der Waals surface area contributed by atoms with Gasteiger partial charge in [0.1, 0.15) is 6.10 Å². The maximum Gasteiger partial charge on any atom is 0.306 e. The number of unbranched alkanes of at least 4 members (excludes halogenated alkanes) is 21. The van der Waals surface area contributed by atoms with Crippen molar-refractivity contribution < 1.29 is 23.8 Å². The summed E-state index contributed by atoms with van der Waals surface area (Å²) in [6.45, 7) is 10.4. The fourth-order valence-electron chi connectivity index (χ4n) is 8.59. The lowest BCUT2D eigenvalue weighted by Gasteiger charge is -2.21. The minimum Gasteiger partial charge on any atom is -0.465 e. The van der Waals surface area contributed by atoms with E-state index in [1.807, 2.05) is 0 Å².